The Morgan fingerprint density at radius 3 is 2.53 bits per heavy atom. The second-order valence-corrected chi connectivity index (χ2v) is 5.02. The molecule has 4 heteroatoms. The molecule has 1 aromatic heterocycles. The summed E-state index contributed by atoms with van der Waals surface area (Å²) >= 11 is 0. The van der Waals surface area contributed by atoms with Crippen molar-refractivity contribution in [2.45, 2.75) is 41.0 Å². The van der Waals surface area contributed by atoms with E-state index in [-0.39, 0.29) is 11.3 Å². The fourth-order valence-corrected chi connectivity index (χ4v) is 1.35. The minimum Gasteiger partial charge on any atom is -0.310 e. The SMILES string of the molecule is [B]c1c(C)cc(NC(=O)C(C)(C)CC)nc1C. The lowest BCUT2D eigenvalue weighted by molar-refractivity contribution is -0.124. The van der Waals surface area contributed by atoms with Gasteiger partial charge in [0.15, 0.2) is 0 Å². The molecule has 0 spiro atoms. The van der Waals surface area contributed by atoms with E-state index in [9.17, 15) is 4.79 Å². The molecule has 0 aliphatic carbocycles. The van der Waals surface area contributed by atoms with Crippen molar-refractivity contribution in [2.75, 3.05) is 5.32 Å². The Hall–Kier alpha value is -1.32. The van der Waals surface area contributed by atoms with Gasteiger partial charge in [0.1, 0.15) is 13.7 Å². The third-order valence-electron chi connectivity index (χ3n) is 3.20. The first-order valence-electron chi connectivity index (χ1n) is 5.83. The van der Waals surface area contributed by atoms with E-state index in [4.69, 9.17) is 7.85 Å². The number of nitrogens with one attached hydrogen (secondary N) is 1. The van der Waals surface area contributed by atoms with Gasteiger partial charge in [0.05, 0.1) is 0 Å². The zero-order chi connectivity index (χ0) is 13.2. The fraction of sp³-hybridized carbons (Fsp3) is 0.538. The molecule has 0 bridgehead atoms. The highest BCUT2D eigenvalue weighted by Gasteiger charge is 2.25. The Morgan fingerprint density at radius 1 is 1.47 bits per heavy atom. The molecule has 0 atom stereocenters. The Kier molecular flexibility index (Phi) is 3.96. The van der Waals surface area contributed by atoms with Gasteiger partial charge in [-0.05, 0) is 26.3 Å². The van der Waals surface area contributed by atoms with Gasteiger partial charge in [0, 0.05) is 11.1 Å². The zero-order valence-electron chi connectivity index (χ0n) is 11.2. The molecule has 0 saturated carbocycles. The fourth-order valence-electron chi connectivity index (χ4n) is 1.35. The molecule has 3 nitrogen and oxygen atoms in total. The summed E-state index contributed by atoms with van der Waals surface area (Å²) in [6.45, 7) is 9.57. The van der Waals surface area contributed by atoms with Crippen molar-refractivity contribution in [1.29, 1.82) is 0 Å². The molecule has 0 aromatic carbocycles. The molecule has 2 radical (unpaired) electrons. The average molecular weight is 230 g/mol. The molecule has 90 valence electrons. The molecule has 0 saturated heterocycles. The van der Waals surface area contributed by atoms with Gasteiger partial charge in [-0.2, -0.15) is 0 Å². The van der Waals surface area contributed by atoms with Gasteiger partial charge in [0.2, 0.25) is 5.91 Å². The number of nitrogens with zero attached hydrogens (tertiary/aromatic N) is 1. The lowest BCUT2D eigenvalue weighted by Crippen LogP contribution is -2.31. The molecule has 17 heavy (non-hydrogen) atoms. The molecular weight excluding hydrogens is 211 g/mol. The number of carbonyl (C=O) groups is 1. The van der Waals surface area contributed by atoms with Crippen LogP contribution < -0.4 is 10.8 Å². The van der Waals surface area contributed by atoms with Gasteiger partial charge in [-0.15, -0.1) is 0 Å². The Balaban J connectivity index is 2.94. The number of rotatable bonds is 3. The van der Waals surface area contributed by atoms with Crippen LogP contribution in [0.3, 0.4) is 0 Å². The molecule has 0 aliphatic rings. The number of pyridine rings is 1. The molecule has 1 heterocycles. The molecule has 1 rings (SSSR count). The summed E-state index contributed by atoms with van der Waals surface area (Å²) in [6.07, 6.45) is 0.784. The van der Waals surface area contributed by atoms with Crippen molar-refractivity contribution >= 4 is 25.0 Å². The van der Waals surface area contributed by atoms with Gasteiger partial charge in [-0.25, -0.2) is 4.98 Å². The van der Waals surface area contributed by atoms with Crippen molar-refractivity contribution in [3.05, 3.63) is 17.3 Å². The van der Waals surface area contributed by atoms with Crippen LogP contribution >= 0.6 is 0 Å². The van der Waals surface area contributed by atoms with E-state index in [0.717, 1.165) is 17.7 Å². The van der Waals surface area contributed by atoms with Crippen LogP contribution in [0.15, 0.2) is 6.07 Å². The normalized spacial score (nSPS) is 11.4. The monoisotopic (exact) mass is 230 g/mol. The maximum Gasteiger partial charge on any atom is 0.231 e. The summed E-state index contributed by atoms with van der Waals surface area (Å²) < 4.78 is 0. The molecule has 0 aliphatic heterocycles. The van der Waals surface area contributed by atoms with E-state index in [1.807, 2.05) is 34.6 Å². The second kappa shape index (κ2) is 4.90. The Labute approximate surface area is 104 Å². The van der Waals surface area contributed by atoms with Crippen LogP contribution in [0.4, 0.5) is 5.82 Å². The largest absolute Gasteiger partial charge is 0.310 e. The zero-order valence-corrected chi connectivity index (χ0v) is 11.2. The molecule has 1 amide bonds. The number of anilines is 1. The molecule has 0 unspecified atom stereocenters. The van der Waals surface area contributed by atoms with Crippen molar-refractivity contribution in [3.63, 3.8) is 0 Å². The van der Waals surface area contributed by atoms with Crippen LogP contribution in [0.5, 0.6) is 0 Å². The molecule has 0 fully saturated rings. The lowest BCUT2D eigenvalue weighted by Gasteiger charge is -2.21. The van der Waals surface area contributed by atoms with Crippen molar-refractivity contribution < 1.29 is 4.79 Å². The topological polar surface area (TPSA) is 42.0 Å². The second-order valence-electron chi connectivity index (χ2n) is 5.02. The summed E-state index contributed by atoms with van der Waals surface area (Å²) in [4.78, 5) is 16.3. The standard InChI is InChI=1S/C13H19BN2O/c1-6-13(4,5)12(17)16-10-7-8(2)11(14)9(3)15-10/h7H,6H2,1-5H3,(H,15,16,17). The van der Waals surface area contributed by atoms with E-state index in [1.165, 1.54) is 0 Å². The first-order valence-corrected chi connectivity index (χ1v) is 5.83. The Morgan fingerprint density at radius 2 is 2.06 bits per heavy atom. The van der Waals surface area contributed by atoms with Crippen molar-refractivity contribution in [3.8, 4) is 0 Å². The van der Waals surface area contributed by atoms with Gasteiger partial charge in [-0.1, -0.05) is 31.8 Å². The number of amides is 1. The molecule has 1 N–H and O–H groups in total. The van der Waals surface area contributed by atoms with Gasteiger partial charge in [0.25, 0.3) is 0 Å². The summed E-state index contributed by atoms with van der Waals surface area (Å²) in [6, 6.07) is 1.80. The van der Waals surface area contributed by atoms with Gasteiger partial charge >= 0.3 is 0 Å². The van der Waals surface area contributed by atoms with Gasteiger partial charge in [-0.3, -0.25) is 4.79 Å². The summed E-state index contributed by atoms with van der Waals surface area (Å²) in [5, 5.41) is 2.84. The maximum absolute atomic E-state index is 12.0. The first-order chi connectivity index (χ1) is 7.77. The van der Waals surface area contributed by atoms with Crippen molar-refractivity contribution in [1.82, 2.24) is 4.98 Å². The third-order valence-corrected chi connectivity index (χ3v) is 3.20. The van der Waals surface area contributed by atoms with Gasteiger partial charge < -0.3 is 5.32 Å². The van der Waals surface area contributed by atoms with Crippen LogP contribution in [0.2, 0.25) is 0 Å². The third kappa shape index (κ3) is 3.08. The molecule has 1 aromatic rings. The lowest BCUT2D eigenvalue weighted by atomic mass is 9.88. The highest BCUT2D eigenvalue weighted by Crippen LogP contribution is 2.21. The summed E-state index contributed by atoms with van der Waals surface area (Å²) in [5.74, 6) is 0.553. The summed E-state index contributed by atoms with van der Waals surface area (Å²) in [7, 11) is 5.82. The quantitative estimate of drug-likeness (QED) is 0.805. The first kappa shape index (κ1) is 13.7. The summed E-state index contributed by atoms with van der Waals surface area (Å²) in [5.41, 5.74) is 1.97. The van der Waals surface area contributed by atoms with E-state index in [0.29, 0.717) is 11.3 Å². The number of carbonyl (C=O) groups excluding carboxylic acids is 1. The van der Waals surface area contributed by atoms with Crippen LogP contribution in [-0.2, 0) is 4.79 Å². The minimum atomic E-state index is -0.384. The van der Waals surface area contributed by atoms with Crippen LogP contribution in [0.1, 0.15) is 38.4 Å². The van der Waals surface area contributed by atoms with E-state index < -0.39 is 0 Å². The highest BCUT2D eigenvalue weighted by molar-refractivity contribution is 6.34. The maximum atomic E-state index is 12.0. The predicted octanol–water partition coefficient (Wildman–Crippen LogP) is 1.87. The molecular formula is C13H19BN2O. The van der Waals surface area contributed by atoms with Crippen LogP contribution in [-0.4, -0.2) is 18.7 Å². The Bertz CT molecular complexity index is 418. The number of aryl methyl sites for hydroxylation is 2. The predicted molar refractivity (Wildman–Crippen MR) is 71.8 cm³/mol. The van der Waals surface area contributed by atoms with E-state index in [1.54, 1.807) is 6.07 Å². The minimum absolute atomic E-state index is 0.0175. The van der Waals surface area contributed by atoms with Crippen LogP contribution in [0.25, 0.3) is 0 Å². The van der Waals surface area contributed by atoms with Crippen LogP contribution in [0, 0.1) is 19.3 Å². The van der Waals surface area contributed by atoms with Crippen molar-refractivity contribution in [2.24, 2.45) is 5.41 Å². The number of aromatic nitrogens is 1. The highest BCUT2D eigenvalue weighted by atomic mass is 16.2. The van der Waals surface area contributed by atoms with E-state index >= 15 is 0 Å². The van der Waals surface area contributed by atoms with E-state index in [2.05, 4.69) is 10.3 Å². The smallest absolute Gasteiger partial charge is 0.231 e. The average Bonchev–Trinajstić information content (AvgIpc) is 2.25. The number of hydrogen-bond donors (Lipinski definition) is 1. The number of hydrogen-bond acceptors (Lipinski definition) is 2.